The summed E-state index contributed by atoms with van der Waals surface area (Å²) in [6.45, 7) is 5.95. The molecule has 0 aliphatic heterocycles. The number of aryl methyl sites for hydroxylation is 2. The van der Waals surface area contributed by atoms with Gasteiger partial charge < -0.3 is 9.64 Å². The minimum atomic E-state index is -0.406. The van der Waals surface area contributed by atoms with Gasteiger partial charge >= 0.3 is 0 Å². The Balaban J connectivity index is 2.32. The third-order valence-electron chi connectivity index (χ3n) is 3.44. The molecule has 2 heterocycles. The van der Waals surface area contributed by atoms with E-state index in [1.54, 1.807) is 32.2 Å². The van der Waals surface area contributed by atoms with E-state index < -0.39 is 5.82 Å². The van der Waals surface area contributed by atoms with Crippen LogP contribution in [-0.4, -0.2) is 29.1 Å². The van der Waals surface area contributed by atoms with Gasteiger partial charge in [0.05, 0.1) is 25.0 Å². The zero-order valence-corrected chi connectivity index (χ0v) is 12.9. The van der Waals surface area contributed by atoms with E-state index in [-0.39, 0.29) is 5.82 Å². The predicted molar refractivity (Wildman–Crippen MR) is 79.1 cm³/mol. The molecule has 0 atom stereocenters. The molecule has 21 heavy (non-hydrogen) atoms. The molecule has 0 unspecified atom stereocenters. The van der Waals surface area contributed by atoms with Crippen molar-refractivity contribution in [1.82, 2.24) is 15.0 Å². The van der Waals surface area contributed by atoms with E-state index in [1.165, 1.54) is 6.33 Å². The third kappa shape index (κ3) is 2.94. The minimum absolute atomic E-state index is 0.267. The Kier molecular flexibility index (Phi) is 4.35. The Morgan fingerprint density at radius 3 is 2.57 bits per heavy atom. The highest BCUT2D eigenvalue weighted by molar-refractivity contribution is 5.45. The molecule has 0 spiro atoms. The summed E-state index contributed by atoms with van der Waals surface area (Å²) in [6.07, 6.45) is 3.12. The van der Waals surface area contributed by atoms with Crippen LogP contribution in [0.5, 0.6) is 5.75 Å². The van der Waals surface area contributed by atoms with Crippen LogP contribution in [0.1, 0.15) is 22.5 Å². The number of halogens is 1. The second kappa shape index (κ2) is 6.03. The maximum atomic E-state index is 14.1. The van der Waals surface area contributed by atoms with Crippen molar-refractivity contribution in [2.24, 2.45) is 0 Å². The van der Waals surface area contributed by atoms with E-state index in [4.69, 9.17) is 4.74 Å². The zero-order valence-electron chi connectivity index (χ0n) is 12.9. The number of hydrogen-bond acceptors (Lipinski definition) is 5. The summed E-state index contributed by atoms with van der Waals surface area (Å²) >= 11 is 0. The monoisotopic (exact) mass is 290 g/mol. The van der Waals surface area contributed by atoms with Gasteiger partial charge in [0, 0.05) is 24.4 Å². The Hall–Kier alpha value is -2.24. The quantitative estimate of drug-likeness (QED) is 0.866. The van der Waals surface area contributed by atoms with Gasteiger partial charge in [-0.05, 0) is 20.8 Å². The zero-order chi connectivity index (χ0) is 15.6. The molecule has 5 nitrogen and oxygen atoms in total. The van der Waals surface area contributed by atoms with Gasteiger partial charge in [-0.15, -0.1) is 0 Å². The fourth-order valence-electron chi connectivity index (χ4n) is 2.24. The number of hydrogen-bond donors (Lipinski definition) is 0. The standard InChI is InChI=1S/C15H19FN4O/c1-9-6-17-12(10(2)14(9)21-5)7-20(4)15-13(16)11(3)18-8-19-15/h6,8H,7H2,1-5H3. The second-order valence-electron chi connectivity index (χ2n) is 5.00. The lowest BCUT2D eigenvalue weighted by Gasteiger charge is -2.20. The Morgan fingerprint density at radius 2 is 1.90 bits per heavy atom. The van der Waals surface area contributed by atoms with Crippen LogP contribution >= 0.6 is 0 Å². The van der Waals surface area contributed by atoms with E-state index in [2.05, 4.69) is 15.0 Å². The lowest BCUT2D eigenvalue weighted by Crippen LogP contribution is -2.21. The van der Waals surface area contributed by atoms with Crippen LogP contribution in [0.2, 0.25) is 0 Å². The first-order valence-electron chi connectivity index (χ1n) is 6.63. The number of aromatic nitrogens is 3. The first kappa shape index (κ1) is 15.2. The molecule has 112 valence electrons. The van der Waals surface area contributed by atoms with Crippen molar-refractivity contribution < 1.29 is 9.13 Å². The molecule has 0 aromatic carbocycles. The lowest BCUT2D eigenvalue weighted by molar-refractivity contribution is 0.407. The summed E-state index contributed by atoms with van der Waals surface area (Å²) in [4.78, 5) is 14.0. The van der Waals surface area contributed by atoms with Gasteiger partial charge in [-0.25, -0.2) is 14.4 Å². The number of methoxy groups -OCH3 is 1. The van der Waals surface area contributed by atoms with Crippen molar-refractivity contribution in [3.05, 3.63) is 40.9 Å². The largest absolute Gasteiger partial charge is 0.496 e. The van der Waals surface area contributed by atoms with Crippen LogP contribution in [0, 0.1) is 26.6 Å². The summed E-state index contributed by atoms with van der Waals surface area (Å²) in [5.41, 5.74) is 3.09. The van der Waals surface area contributed by atoms with Crippen LogP contribution < -0.4 is 9.64 Å². The first-order valence-corrected chi connectivity index (χ1v) is 6.63. The molecular formula is C15H19FN4O. The number of ether oxygens (including phenoxy) is 1. The van der Waals surface area contributed by atoms with E-state index in [0.717, 1.165) is 22.6 Å². The predicted octanol–water partition coefficient (Wildman–Crippen LogP) is 2.58. The number of rotatable bonds is 4. The summed E-state index contributed by atoms with van der Waals surface area (Å²) in [6, 6.07) is 0. The molecule has 0 fully saturated rings. The minimum Gasteiger partial charge on any atom is -0.496 e. The smallest absolute Gasteiger partial charge is 0.186 e. The molecule has 0 radical (unpaired) electrons. The van der Waals surface area contributed by atoms with Crippen molar-refractivity contribution >= 4 is 5.82 Å². The van der Waals surface area contributed by atoms with E-state index in [1.807, 2.05) is 13.8 Å². The van der Waals surface area contributed by atoms with E-state index in [9.17, 15) is 4.39 Å². The van der Waals surface area contributed by atoms with Crippen molar-refractivity contribution in [2.75, 3.05) is 19.1 Å². The number of pyridine rings is 1. The molecule has 6 heteroatoms. The van der Waals surface area contributed by atoms with Crippen molar-refractivity contribution in [3.8, 4) is 5.75 Å². The summed E-state index contributed by atoms with van der Waals surface area (Å²) in [5, 5.41) is 0. The topological polar surface area (TPSA) is 51.1 Å². The Morgan fingerprint density at radius 1 is 1.19 bits per heavy atom. The van der Waals surface area contributed by atoms with Crippen molar-refractivity contribution in [3.63, 3.8) is 0 Å². The average Bonchev–Trinajstić information content (AvgIpc) is 2.45. The van der Waals surface area contributed by atoms with Crippen molar-refractivity contribution in [2.45, 2.75) is 27.3 Å². The SMILES string of the molecule is COc1c(C)cnc(CN(C)c2ncnc(C)c2F)c1C. The number of anilines is 1. The van der Waals surface area contributed by atoms with Crippen LogP contribution in [-0.2, 0) is 6.54 Å². The number of nitrogens with zero attached hydrogens (tertiary/aromatic N) is 4. The second-order valence-corrected chi connectivity index (χ2v) is 5.00. The molecule has 0 aliphatic rings. The molecule has 2 aromatic rings. The third-order valence-corrected chi connectivity index (χ3v) is 3.44. The van der Waals surface area contributed by atoms with Gasteiger partial charge in [0.1, 0.15) is 12.1 Å². The first-order chi connectivity index (χ1) is 9.95. The highest BCUT2D eigenvalue weighted by Crippen LogP contribution is 2.26. The summed E-state index contributed by atoms with van der Waals surface area (Å²) < 4.78 is 19.4. The van der Waals surface area contributed by atoms with Gasteiger partial charge in [-0.3, -0.25) is 4.98 Å². The van der Waals surface area contributed by atoms with E-state index >= 15 is 0 Å². The molecule has 0 saturated heterocycles. The van der Waals surface area contributed by atoms with Gasteiger partial charge in [0.15, 0.2) is 11.6 Å². The normalized spacial score (nSPS) is 10.6. The van der Waals surface area contributed by atoms with E-state index in [0.29, 0.717) is 12.2 Å². The maximum absolute atomic E-state index is 14.1. The van der Waals surface area contributed by atoms with Crippen LogP contribution in [0.3, 0.4) is 0 Å². The Labute approximate surface area is 123 Å². The van der Waals surface area contributed by atoms with Gasteiger partial charge in [0.25, 0.3) is 0 Å². The Bertz CT molecular complexity index is 660. The fraction of sp³-hybridized carbons (Fsp3) is 0.400. The van der Waals surface area contributed by atoms with Crippen LogP contribution in [0.4, 0.5) is 10.2 Å². The van der Waals surface area contributed by atoms with Crippen molar-refractivity contribution in [1.29, 1.82) is 0 Å². The maximum Gasteiger partial charge on any atom is 0.186 e. The van der Waals surface area contributed by atoms with Gasteiger partial charge in [-0.1, -0.05) is 0 Å². The lowest BCUT2D eigenvalue weighted by atomic mass is 10.1. The summed E-state index contributed by atoms with van der Waals surface area (Å²) in [5.74, 6) is 0.674. The summed E-state index contributed by atoms with van der Waals surface area (Å²) in [7, 11) is 3.41. The van der Waals surface area contributed by atoms with Crippen LogP contribution in [0.25, 0.3) is 0 Å². The van der Waals surface area contributed by atoms with Gasteiger partial charge in [0.2, 0.25) is 0 Å². The fourth-order valence-corrected chi connectivity index (χ4v) is 2.24. The molecular weight excluding hydrogens is 271 g/mol. The van der Waals surface area contributed by atoms with Crippen LogP contribution in [0.15, 0.2) is 12.5 Å². The highest BCUT2D eigenvalue weighted by atomic mass is 19.1. The molecule has 0 bridgehead atoms. The highest BCUT2D eigenvalue weighted by Gasteiger charge is 2.16. The molecule has 2 rings (SSSR count). The molecule has 0 saturated carbocycles. The average molecular weight is 290 g/mol. The molecule has 0 N–H and O–H groups in total. The van der Waals surface area contributed by atoms with Gasteiger partial charge in [-0.2, -0.15) is 0 Å². The molecule has 0 amide bonds. The molecule has 0 aliphatic carbocycles. The molecule has 2 aromatic heterocycles.